The molecule has 5 heteroatoms. The van der Waals surface area contributed by atoms with Crippen LogP contribution in [0.25, 0.3) is 0 Å². The summed E-state index contributed by atoms with van der Waals surface area (Å²) in [5.74, 6) is 1.42. The van der Waals surface area contributed by atoms with Crippen LogP contribution in [0, 0.1) is 0 Å². The SMILES string of the molecule is COc1ccc(CNC(=O)CC2(N)CCC2)c(OC)c1. The van der Waals surface area contributed by atoms with Crippen molar-refractivity contribution in [3.05, 3.63) is 23.8 Å². The van der Waals surface area contributed by atoms with Gasteiger partial charge in [-0.15, -0.1) is 0 Å². The summed E-state index contributed by atoms with van der Waals surface area (Å²) in [4.78, 5) is 11.9. The Morgan fingerprint density at radius 2 is 2.10 bits per heavy atom. The molecule has 1 aliphatic carbocycles. The first-order valence-electron chi connectivity index (χ1n) is 6.83. The Balaban J connectivity index is 1.91. The monoisotopic (exact) mass is 278 g/mol. The average molecular weight is 278 g/mol. The molecule has 1 aliphatic rings. The second kappa shape index (κ2) is 6.13. The van der Waals surface area contributed by atoms with Gasteiger partial charge < -0.3 is 20.5 Å². The second-order valence-electron chi connectivity index (χ2n) is 5.35. The molecule has 3 N–H and O–H groups in total. The van der Waals surface area contributed by atoms with E-state index in [1.165, 1.54) is 0 Å². The van der Waals surface area contributed by atoms with Crippen LogP contribution in [0.4, 0.5) is 0 Å². The second-order valence-corrected chi connectivity index (χ2v) is 5.35. The molecule has 0 saturated heterocycles. The molecule has 0 spiro atoms. The van der Waals surface area contributed by atoms with Gasteiger partial charge in [0.05, 0.1) is 14.2 Å². The van der Waals surface area contributed by atoms with Gasteiger partial charge in [0, 0.05) is 30.1 Å². The number of methoxy groups -OCH3 is 2. The van der Waals surface area contributed by atoms with Crippen molar-refractivity contribution in [1.82, 2.24) is 5.32 Å². The van der Waals surface area contributed by atoms with Crippen LogP contribution in [0.1, 0.15) is 31.2 Å². The van der Waals surface area contributed by atoms with E-state index in [9.17, 15) is 4.79 Å². The molecular formula is C15H22N2O3. The number of hydrogen-bond donors (Lipinski definition) is 2. The van der Waals surface area contributed by atoms with Crippen molar-refractivity contribution in [1.29, 1.82) is 0 Å². The van der Waals surface area contributed by atoms with Crippen LogP contribution >= 0.6 is 0 Å². The van der Waals surface area contributed by atoms with Gasteiger partial charge in [-0.25, -0.2) is 0 Å². The molecule has 5 nitrogen and oxygen atoms in total. The van der Waals surface area contributed by atoms with E-state index < -0.39 is 0 Å². The van der Waals surface area contributed by atoms with Crippen LogP contribution in [0.3, 0.4) is 0 Å². The van der Waals surface area contributed by atoms with Crippen LogP contribution in [0.15, 0.2) is 18.2 Å². The number of carbonyl (C=O) groups excluding carboxylic acids is 1. The zero-order valence-electron chi connectivity index (χ0n) is 12.1. The highest BCUT2D eigenvalue weighted by molar-refractivity contribution is 5.77. The number of hydrogen-bond acceptors (Lipinski definition) is 4. The zero-order valence-corrected chi connectivity index (χ0v) is 12.1. The van der Waals surface area contributed by atoms with Crippen molar-refractivity contribution in [2.45, 2.75) is 37.8 Å². The fraction of sp³-hybridized carbons (Fsp3) is 0.533. The molecule has 0 unspecified atom stereocenters. The topological polar surface area (TPSA) is 73.6 Å². The van der Waals surface area contributed by atoms with E-state index in [0.717, 1.165) is 30.6 Å². The normalized spacial score (nSPS) is 16.1. The largest absolute Gasteiger partial charge is 0.497 e. The molecule has 0 atom stereocenters. The summed E-state index contributed by atoms with van der Waals surface area (Å²) in [5.41, 5.74) is 6.70. The Morgan fingerprint density at radius 1 is 1.35 bits per heavy atom. The Morgan fingerprint density at radius 3 is 2.65 bits per heavy atom. The Kier molecular flexibility index (Phi) is 4.49. The summed E-state index contributed by atoms with van der Waals surface area (Å²) in [5, 5.41) is 2.90. The van der Waals surface area contributed by atoms with Gasteiger partial charge in [-0.05, 0) is 31.4 Å². The highest BCUT2D eigenvalue weighted by Crippen LogP contribution is 2.32. The molecule has 0 aliphatic heterocycles. The van der Waals surface area contributed by atoms with Crippen molar-refractivity contribution in [2.24, 2.45) is 5.73 Å². The summed E-state index contributed by atoms with van der Waals surface area (Å²) in [6.45, 7) is 0.433. The Labute approximate surface area is 119 Å². The predicted octanol–water partition coefficient (Wildman–Crippen LogP) is 1.59. The van der Waals surface area contributed by atoms with Crippen molar-refractivity contribution in [3.63, 3.8) is 0 Å². The van der Waals surface area contributed by atoms with Gasteiger partial charge in [0.1, 0.15) is 11.5 Å². The summed E-state index contributed by atoms with van der Waals surface area (Å²) >= 11 is 0. The minimum atomic E-state index is -0.284. The number of nitrogens with two attached hydrogens (primary N) is 1. The minimum Gasteiger partial charge on any atom is -0.497 e. The average Bonchev–Trinajstić information content (AvgIpc) is 2.43. The Hall–Kier alpha value is -1.75. The fourth-order valence-corrected chi connectivity index (χ4v) is 2.38. The minimum absolute atomic E-state index is 0.00919. The highest BCUT2D eigenvalue weighted by Gasteiger charge is 2.34. The van der Waals surface area contributed by atoms with Crippen LogP contribution in [-0.4, -0.2) is 25.7 Å². The van der Waals surface area contributed by atoms with Crippen LogP contribution in [0.5, 0.6) is 11.5 Å². The van der Waals surface area contributed by atoms with Gasteiger partial charge in [0.25, 0.3) is 0 Å². The quantitative estimate of drug-likeness (QED) is 0.829. The molecule has 0 heterocycles. The smallest absolute Gasteiger partial charge is 0.222 e. The lowest BCUT2D eigenvalue weighted by Crippen LogP contribution is -2.49. The molecule has 20 heavy (non-hydrogen) atoms. The number of ether oxygens (including phenoxy) is 2. The molecule has 1 aromatic carbocycles. The van der Waals surface area contributed by atoms with E-state index >= 15 is 0 Å². The van der Waals surface area contributed by atoms with Gasteiger partial charge in [-0.1, -0.05) is 0 Å². The first-order chi connectivity index (χ1) is 9.56. The molecule has 1 saturated carbocycles. The lowest BCUT2D eigenvalue weighted by molar-refractivity contribution is -0.123. The predicted molar refractivity (Wildman–Crippen MR) is 76.8 cm³/mol. The first-order valence-corrected chi connectivity index (χ1v) is 6.83. The summed E-state index contributed by atoms with van der Waals surface area (Å²) in [7, 11) is 3.21. The number of nitrogens with one attached hydrogen (secondary N) is 1. The van der Waals surface area contributed by atoms with Crippen molar-refractivity contribution in [2.75, 3.05) is 14.2 Å². The van der Waals surface area contributed by atoms with E-state index in [0.29, 0.717) is 18.7 Å². The van der Waals surface area contributed by atoms with Crippen LogP contribution in [-0.2, 0) is 11.3 Å². The summed E-state index contributed by atoms with van der Waals surface area (Å²) < 4.78 is 10.4. The van der Waals surface area contributed by atoms with E-state index in [4.69, 9.17) is 15.2 Å². The highest BCUT2D eigenvalue weighted by atomic mass is 16.5. The number of carbonyl (C=O) groups is 1. The first kappa shape index (κ1) is 14.7. The van der Waals surface area contributed by atoms with E-state index in [1.54, 1.807) is 20.3 Å². The number of benzene rings is 1. The summed E-state index contributed by atoms with van der Waals surface area (Å²) in [6, 6.07) is 5.54. The van der Waals surface area contributed by atoms with E-state index in [2.05, 4.69) is 5.32 Å². The molecule has 0 bridgehead atoms. The maximum Gasteiger partial charge on any atom is 0.222 e. The number of rotatable bonds is 6. The van der Waals surface area contributed by atoms with Crippen molar-refractivity contribution < 1.29 is 14.3 Å². The molecule has 0 aromatic heterocycles. The maximum absolute atomic E-state index is 11.9. The van der Waals surface area contributed by atoms with Crippen LogP contribution < -0.4 is 20.5 Å². The van der Waals surface area contributed by atoms with Crippen LogP contribution in [0.2, 0.25) is 0 Å². The third-order valence-corrected chi connectivity index (χ3v) is 3.83. The van der Waals surface area contributed by atoms with Gasteiger partial charge in [-0.2, -0.15) is 0 Å². The van der Waals surface area contributed by atoms with Gasteiger partial charge >= 0.3 is 0 Å². The van der Waals surface area contributed by atoms with Crippen molar-refractivity contribution >= 4 is 5.91 Å². The van der Waals surface area contributed by atoms with Gasteiger partial charge in [-0.3, -0.25) is 4.79 Å². The molecule has 1 amide bonds. The molecule has 110 valence electrons. The molecule has 1 aromatic rings. The standard InChI is InChI=1S/C15H22N2O3/c1-19-12-5-4-11(13(8-12)20-2)10-17-14(18)9-15(16)6-3-7-15/h4-5,8H,3,6-7,9-10,16H2,1-2H3,(H,17,18). The van der Waals surface area contributed by atoms with Crippen molar-refractivity contribution in [3.8, 4) is 11.5 Å². The van der Waals surface area contributed by atoms with E-state index in [-0.39, 0.29) is 11.4 Å². The molecular weight excluding hydrogens is 256 g/mol. The fourth-order valence-electron chi connectivity index (χ4n) is 2.38. The molecule has 1 fully saturated rings. The Bertz CT molecular complexity index is 484. The van der Waals surface area contributed by atoms with E-state index in [1.807, 2.05) is 12.1 Å². The summed E-state index contributed by atoms with van der Waals surface area (Å²) in [6.07, 6.45) is 3.39. The lowest BCUT2D eigenvalue weighted by Gasteiger charge is -2.37. The maximum atomic E-state index is 11.9. The lowest BCUT2D eigenvalue weighted by atomic mass is 9.75. The third kappa shape index (κ3) is 3.42. The van der Waals surface area contributed by atoms with Gasteiger partial charge in [0.2, 0.25) is 5.91 Å². The molecule has 0 radical (unpaired) electrons. The zero-order chi connectivity index (χ0) is 14.6. The number of amides is 1. The third-order valence-electron chi connectivity index (χ3n) is 3.83. The molecule has 2 rings (SSSR count). The van der Waals surface area contributed by atoms with Gasteiger partial charge in [0.15, 0.2) is 0 Å².